The molecule has 0 amide bonds. The molecular formula is C11H20O10. The van der Waals surface area contributed by atoms with E-state index in [1.807, 2.05) is 0 Å². The first-order chi connectivity index (χ1) is 9.76. The molecule has 8 atom stereocenters. The van der Waals surface area contributed by atoms with Crippen molar-refractivity contribution in [3.63, 3.8) is 0 Å². The number of carbonyl (C=O) groups is 1. The maximum atomic E-state index is 11.9. The molecule has 0 aromatic heterocycles. The van der Waals surface area contributed by atoms with Crippen molar-refractivity contribution in [1.82, 2.24) is 0 Å². The fraction of sp³-hybridized carbons (Fsp3) is 0.909. The van der Waals surface area contributed by atoms with E-state index in [0.717, 1.165) is 0 Å². The highest BCUT2D eigenvalue weighted by Crippen LogP contribution is 2.23. The molecule has 21 heavy (non-hydrogen) atoms. The lowest BCUT2D eigenvalue weighted by molar-refractivity contribution is -0.230. The molecule has 0 aromatic rings. The predicted octanol–water partition coefficient (Wildman–Crippen LogP) is -5.53. The van der Waals surface area contributed by atoms with Crippen LogP contribution in [0, 0.1) is 0 Å². The lowest BCUT2D eigenvalue weighted by Crippen LogP contribution is -2.63. The molecule has 0 aromatic carbocycles. The Hall–Kier alpha value is -0.690. The molecule has 1 saturated heterocycles. The Morgan fingerprint density at radius 2 is 1.57 bits per heavy atom. The standard InChI is InChI=1S/C11H20O10/c12-1-3(14)5(15)7(17)9(19)11-10(20)8(18)6(16)4(2-13)21-11/h3-8,10-18,20H,1-2H2/t3-,4-,5-,6+,7+,8+,10-,11+/m1/s1. The molecule has 8 N–H and O–H groups in total. The summed E-state index contributed by atoms with van der Waals surface area (Å²) in [7, 11) is 0. The van der Waals surface area contributed by atoms with Crippen molar-refractivity contribution in [1.29, 1.82) is 0 Å². The zero-order chi connectivity index (χ0) is 16.3. The van der Waals surface area contributed by atoms with Crippen LogP contribution in [-0.4, -0.2) is 109 Å². The van der Waals surface area contributed by atoms with Crippen molar-refractivity contribution >= 4 is 5.78 Å². The molecule has 1 aliphatic rings. The summed E-state index contributed by atoms with van der Waals surface area (Å²) >= 11 is 0. The molecule has 0 bridgehead atoms. The molecule has 1 fully saturated rings. The van der Waals surface area contributed by atoms with Crippen LogP contribution in [0.3, 0.4) is 0 Å². The summed E-state index contributed by atoms with van der Waals surface area (Å²) in [6.45, 7) is -1.67. The van der Waals surface area contributed by atoms with Crippen LogP contribution in [0.5, 0.6) is 0 Å². The van der Waals surface area contributed by atoms with Gasteiger partial charge in [-0.3, -0.25) is 4.79 Å². The number of ether oxygens (including phenoxy) is 1. The van der Waals surface area contributed by atoms with E-state index in [4.69, 9.17) is 20.1 Å². The number of rotatable bonds is 6. The molecule has 0 spiro atoms. The van der Waals surface area contributed by atoms with Gasteiger partial charge in [0.25, 0.3) is 0 Å². The maximum Gasteiger partial charge on any atom is 0.195 e. The Labute approximate surface area is 119 Å². The third-order valence-corrected chi connectivity index (χ3v) is 3.37. The predicted molar refractivity (Wildman–Crippen MR) is 63.9 cm³/mol. The summed E-state index contributed by atoms with van der Waals surface area (Å²) in [6.07, 6.45) is -14.6. The topological polar surface area (TPSA) is 188 Å². The van der Waals surface area contributed by atoms with Crippen molar-refractivity contribution in [3.05, 3.63) is 0 Å². The first kappa shape index (κ1) is 18.4. The first-order valence-electron chi connectivity index (χ1n) is 6.25. The lowest BCUT2D eigenvalue weighted by atomic mass is 9.90. The normalized spacial score (nSPS) is 37.8. The van der Waals surface area contributed by atoms with Crippen LogP contribution in [0.1, 0.15) is 0 Å². The third kappa shape index (κ3) is 3.74. The molecule has 1 aliphatic heterocycles. The molecule has 1 heterocycles. The van der Waals surface area contributed by atoms with Crippen LogP contribution in [0.2, 0.25) is 0 Å². The van der Waals surface area contributed by atoms with Crippen molar-refractivity contribution < 1.29 is 50.4 Å². The van der Waals surface area contributed by atoms with Gasteiger partial charge in [0.2, 0.25) is 0 Å². The highest BCUT2D eigenvalue weighted by atomic mass is 16.5. The second-order valence-electron chi connectivity index (χ2n) is 4.84. The highest BCUT2D eigenvalue weighted by molar-refractivity contribution is 5.88. The van der Waals surface area contributed by atoms with Crippen molar-refractivity contribution in [3.8, 4) is 0 Å². The number of Topliss-reactive ketones (excluding diaryl/α,β-unsaturated/α-hetero) is 1. The van der Waals surface area contributed by atoms with E-state index < -0.39 is 67.8 Å². The number of carbonyl (C=O) groups excluding carboxylic acids is 1. The van der Waals surface area contributed by atoms with Gasteiger partial charge in [-0.15, -0.1) is 0 Å². The van der Waals surface area contributed by atoms with E-state index in [9.17, 15) is 30.3 Å². The average molecular weight is 312 g/mol. The number of ketones is 1. The minimum Gasteiger partial charge on any atom is -0.394 e. The van der Waals surface area contributed by atoms with Crippen LogP contribution >= 0.6 is 0 Å². The van der Waals surface area contributed by atoms with Gasteiger partial charge in [-0.25, -0.2) is 0 Å². The van der Waals surface area contributed by atoms with Crippen LogP contribution < -0.4 is 0 Å². The van der Waals surface area contributed by atoms with E-state index in [1.54, 1.807) is 0 Å². The number of aliphatic hydroxyl groups excluding tert-OH is 8. The quantitative estimate of drug-likeness (QED) is 0.235. The van der Waals surface area contributed by atoms with E-state index >= 15 is 0 Å². The molecule has 0 aliphatic carbocycles. The monoisotopic (exact) mass is 312 g/mol. The Morgan fingerprint density at radius 1 is 1.00 bits per heavy atom. The van der Waals surface area contributed by atoms with E-state index in [1.165, 1.54) is 0 Å². The van der Waals surface area contributed by atoms with Crippen LogP contribution in [0.4, 0.5) is 0 Å². The molecule has 0 radical (unpaired) electrons. The van der Waals surface area contributed by atoms with Gasteiger partial charge in [0.15, 0.2) is 5.78 Å². The number of aliphatic hydroxyl groups is 8. The minimum absolute atomic E-state index is 0.757. The summed E-state index contributed by atoms with van der Waals surface area (Å²) in [5.74, 6) is -1.27. The average Bonchev–Trinajstić information content (AvgIpc) is 2.50. The van der Waals surface area contributed by atoms with Gasteiger partial charge < -0.3 is 45.6 Å². The Balaban J connectivity index is 2.85. The van der Waals surface area contributed by atoms with Gasteiger partial charge in [-0.05, 0) is 0 Å². The molecule has 0 saturated carbocycles. The zero-order valence-corrected chi connectivity index (χ0v) is 10.9. The van der Waals surface area contributed by atoms with Gasteiger partial charge in [-0.1, -0.05) is 0 Å². The summed E-state index contributed by atoms with van der Waals surface area (Å²) in [4.78, 5) is 11.9. The van der Waals surface area contributed by atoms with Crippen molar-refractivity contribution in [2.45, 2.75) is 48.8 Å². The summed E-state index contributed by atoms with van der Waals surface area (Å²) in [5, 5.41) is 74.5. The van der Waals surface area contributed by atoms with Gasteiger partial charge in [0.05, 0.1) is 13.2 Å². The van der Waals surface area contributed by atoms with Crippen molar-refractivity contribution in [2.75, 3.05) is 13.2 Å². The molecule has 10 heteroatoms. The number of hydrogen-bond donors (Lipinski definition) is 8. The Kier molecular flexibility index (Phi) is 6.59. The molecule has 1 rings (SSSR count). The van der Waals surface area contributed by atoms with Crippen LogP contribution in [0.15, 0.2) is 0 Å². The first-order valence-corrected chi connectivity index (χ1v) is 6.25. The fourth-order valence-electron chi connectivity index (χ4n) is 1.99. The Bertz CT molecular complexity index is 348. The van der Waals surface area contributed by atoms with E-state index in [-0.39, 0.29) is 0 Å². The van der Waals surface area contributed by atoms with Crippen LogP contribution in [-0.2, 0) is 9.53 Å². The van der Waals surface area contributed by atoms with Crippen molar-refractivity contribution in [2.24, 2.45) is 0 Å². The van der Waals surface area contributed by atoms with E-state index in [0.29, 0.717) is 0 Å². The molecular weight excluding hydrogens is 292 g/mol. The minimum atomic E-state index is -2.20. The third-order valence-electron chi connectivity index (χ3n) is 3.37. The second-order valence-corrected chi connectivity index (χ2v) is 4.84. The smallest absolute Gasteiger partial charge is 0.195 e. The summed E-state index contributed by atoms with van der Waals surface area (Å²) in [5.41, 5.74) is 0. The molecule has 10 nitrogen and oxygen atoms in total. The van der Waals surface area contributed by atoms with E-state index in [2.05, 4.69) is 0 Å². The molecule has 124 valence electrons. The molecule has 0 unspecified atom stereocenters. The zero-order valence-electron chi connectivity index (χ0n) is 10.9. The van der Waals surface area contributed by atoms with Gasteiger partial charge in [-0.2, -0.15) is 0 Å². The van der Waals surface area contributed by atoms with Gasteiger partial charge in [0.1, 0.15) is 48.8 Å². The largest absolute Gasteiger partial charge is 0.394 e. The summed E-state index contributed by atoms with van der Waals surface area (Å²) in [6, 6.07) is 0. The van der Waals surface area contributed by atoms with Crippen LogP contribution in [0.25, 0.3) is 0 Å². The highest BCUT2D eigenvalue weighted by Gasteiger charge is 2.48. The fourth-order valence-corrected chi connectivity index (χ4v) is 1.99. The SMILES string of the molecule is O=C([C@@H](O)[C@H](O)[C@H](O)CO)[C@@H]1O[C@H](CO)[C@H](O)[C@H](O)[C@H]1O. The van der Waals surface area contributed by atoms with Gasteiger partial charge >= 0.3 is 0 Å². The number of hydrogen-bond acceptors (Lipinski definition) is 10. The van der Waals surface area contributed by atoms with Gasteiger partial charge in [0, 0.05) is 0 Å². The second kappa shape index (κ2) is 7.54. The summed E-state index contributed by atoms with van der Waals surface area (Å²) < 4.78 is 4.90. The lowest BCUT2D eigenvalue weighted by Gasteiger charge is -2.40. The maximum absolute atomic E-state index is 11.9. The Morgan fingerprint density at radius 3 is 2.05 bits per heavy atom.